The average Bonchev–Trinajstić information content (AvgIpc) is 2.47. The molecule has 4 nitrogen and oxygen atoms in total. The minimum absolute atomic E-state index is 0.160. The molecule has 0 amide bonds. The number of hydrogen-bond donors (Lipinski definition) is 1. The number of rotatable bonds is 5. The van der Waals surface area contributed by atoms with Crippen LogP contribution in [0.5, 0.6) is 0 Å². The largest absolute Gasteiger partial charge is 0.351 e. The normalized spacial score (nSPS) is 14.7. The zero-order valence-corrected chi connectivity index (χ0v) is 14.2. The third-order valence-electron chi connectivity index (χ3n) is 3.56. The van der Waals surface area contributed by atoms with Gasteiger partial charge in [0.25, 0.3) is 0 Å². The molecule has 5 heteroatoms. The van der Waals surface area contributed by atoms with Crippen LogP contribution in [-0.4, -0.2) is 34.1 Å². The van der Waals surface area contributed by atoms with E-state index in [9.17, 15) is 4.39 Å². The molecule has 0 fully saturated rings. The first-order chi connectivity index (χ1) is 10.7. The molecule has 1 N–H and O–H groups in total. The van der Waals surface area contributed by atoms with E-state index in [2.05, 4.69) is 28.4 Å². The zero-order chi connectivity index (χ0) is 17.2. The van der Waals surface area contributed by atoms with E-state index in [0.717, 1.165) is 28.1 Å². The highest BCUT2D eigenvalue weighted by atomic mass is 19.1. The van der Waals surface area contributed by atoms with Gasteiger partial charge in [0.1, 0.15) is 5.67 Å². The van der Waals surface area contributed by atoms with Crippen LogP contribution in [0.2, 0.25) is 0 Å². The lowest BCUT2D eigenvalue weighted by molar-refractivity contribution is 0.234. The van der Waals surface area contributed by atoms with E-state index in [1.807, 2.05) is 37.2 Å². The van der Waals surface area contributed by atoms with E-state index >= 15 is 0 Å². The number of nitrogens with one attached hydrogen (secondary N) is 1. The van der Waals surface area contributed by atoms with Gasteiger partial charge >= 0.3 is 0 Å². The van der Waals surface area contributed by atoms with Gasteiger partial charge in [-0.2, -0.15) is 0 Å². The fourth-order valence-corrected chi connectivity index (χ4v) is 2.11. The van der Waals surface area contributed by atoms with Crippen molar-refractivity contribution in [3.05, 3.63) is 60.2 Å². The summed E-state index contributed by atoms with van der Waals surface area (Å²) in [5, 5.41) is 2.91. The van der Waals surface area contributed by atoms with Crippen molar-refractivity contribution in [3.8, 4) is 0 Å². The monoisotopic (exact) mass is 314 g/mol. The van der Waals surface area contributed by atoms with Crippen LogP contribution in [0.1, 0.15) is 25.1 Å². The Morgan fingerprint density at radius 2 is 2.09 bits per heavy atom. The van der Waals surface area contributed by atoms with Crippen molar-refractivity contribution in [2.45, 2.75) is 26.4 Å². The van der Waals surface area contributed by atoms with Gasteiger partial charge in [0.05, 0.1) is 12.2 Å². The molecular formula is C18H23FN4. The van der Waals surface area contributed by atoms with E-state index in [0.29, 0.717) is 5.95 Å². The summed E-state index contributed by atoms with van der Waals surface area (Å²) in [6.45, 7) is 13.2. The molecule has 2 rings (SSSR count). The van der Waals surface area contributed by atoms with Gasteiger partial charge in [0, 0.05) is 30.7 Å². The molecule has 1 aromatic rings. The number of nitrogens with zero attached hydrogens (tertiary/aromatic N) is 3. The molecule has 1 aliphatic heterocycles. The summed E-state index contributed by atoms with van der Waals surface area (Å²) in [6, 6.07) is 0. The van der Waals surface area contributed by atoms with Gasteiger partial charge in [0.15, 0.2) is 0 Å². The summed E-state index contributed by atoms with van der Waals surface area (Å²) in [5.74, 6) is 0.420. The first-order valence-electron chi connectivity index (χ1n) is 7.45. The summed E-state index contributed by atoms with van der Waals surface area (Å²) in [6.07, 6.45) is 7.61. The van der Waals surface area contributed by atoms with Gasteiger partial charge < -0.3 is 10.2 Å². The third-order valence-corrected chi connectivity index (χ3v) is 3.56. The Labute approximate surface area is 137 Å². The van der Waals surface area contributed by atoms with Crippen molar-refractivity contribution in [2.24, 2.45) is 0 Å². The average molecular weight is 314 g/mol. The molecule has 0 bridgehead atoms. The van der Waals surface area contributed by atoms with Gasteiger partial charge in [0.2, 0.25) is 5.95 Å². The van der Waals surface area contributed by atoms with Gasteiger partial charge in [-0.15, -0.1) is 0 Å². The van der Waals surface area contributed by atoms with Crippen LogP contribution in [0.4, 0.5) is 10.3 Å². The summed E-state index contributed by atoms with van der Waals surface area (Å²) in [7, 11) is 1.94. The SMILES string of the molecule is C=C(C1=CN(C)C(=C)C=C1)c1cnc(NCC(C)(C)F)nc1C. The molecule has 2 heterocycles. The molecular weight excluding hydrogens is 291 g/mol. The Bertz CT molecular complexity index is 695. The Morgan fingerprint density at radius 3 is 2.65 bits per heavy atom. The van der Waals surface area contributed by atoms with Crippen molar-refractivity contribution in [3.63, 3.8) is 0 Å². The van der Waals surface area contributed by atoms with Crippen LogP contribution in [0.25, 0.3) is 5.57 Å². The number of hydrogen-bond acceptors (Lipinski definition) is 4. The van der Waals surface area contributed by atoms with Gasteiger partial charge in [-0.25, -0.2) is 14.4 Å². The molecule has 0 radical (unpaired) electrons. The number of anilines is 1. The smallest absolute Gasteiger partial charge is 0.222 e. The molecule has 0 saturated heterocycles. The second kappa shape index (κ2) is 6.36. The molecule has 0 atom stereocenters. The number of halogens is 1. The van der Waals surface area contributed by atoms with Crippen LogP contribution in [-0.2, 0) is 0 Å². The Kier molecular flexibility index (Phi) is 4.68. The van der Waals surface area contributed by atoms with Crippen LogP contribution in [0.15, 0.2) is 49.0 Å². The molecule has 122 valence electrons. The summed E-state index contributed by atoms with van der Waals surface area (Å²) < 4.78 is 13.5. The topological polar surface area (TPSA) is 41.1 Å². The molecule has 0 saturated carbocycles. The maximum absolute atomic E-state index is 13.5. The molecule has 23 heavy (non-hydrogen) atoms. The minimum atomic E-state index is -1.32. The molecule has 0 aromatic carbocycles. The molecule has 0 aliphatic carbocycles. The lowest BCUT2D eigenvalue weighted by atomic mass is 9.98. The Morgan fingerprint density at radius 1 is 1.39 bits per heavy atom. The quantitative estimate of drug-likeness (QED) is 0.896. The number of aromatic nitrogens is 2. The van der Waals surface area contributed by atoms with E-state index < -0.39 is 5.67 Å². The fraction of sp³-hybridized carbons (Fsp3) is 0.333. The van der Waals surface area contributed by atoms with Gasteiger partial charge in [-0.1, -0.05) is 19.2 Å². The highest BCUT2D eigenvalue weighted by molar-refractivity contribution is 5.81. The van der Waals surface area contributed by atoms with E-state index in [1.165, 1.54) is 13.8 Å². The van der Waals surface area contributed by atoms with Crippen LogP contribution in [0.3, 0.4) is 0 Å². The summed E-state index contributed by atoms with van der Waals surface area (Å²) >= 11 is 0. The minimum Gasteiger partial charge on any atom is -0.351 e. The lowest BCUT2D eigenvalue weighted by Crippen LogP contribution is -2.25. The predicted octanol–water partition coefficient (Wildman–Crippen LogP) is 3.86. The number of aryl methyl sites for hydroxylation is 1. The second-order valence-corrected chi connectivity index (χ2v) is 6.26. The third kappa shape index (κ3) is 4.28. The van der Waals surface area contributed by atoms with E-state index in [4.69, 9.17) is 0 Å². The van der Waals surface area contributed by atoms with Crippen LogP contribution < -0.4 is 5.32 Å². The highest BCUT2D eigenvalue weighted by Gasteiger charge is 2.16. The van der Waals surface area contributed by atoms with E-state index in [-0.39, 0.29) is 6.54 Å². The number of alkyl halides is 1. The van der Waals surface area contributed by atoms with Crippen LogP contribution in [0, 0.1) is 6.92 Å². The maximum atomic E-state index is 13.5. The van der Waals surface area contributed by atoms with E-state index in [1.54, 1.807) is 6.20 Å². The van der Waals surface area contributed by atoms with Crippen molar-refractivity contribution in [1.82, 2.24) is 14.9 Å². The first kappa shape index (κ1) is 16.9. The van der Waals surface area contributed by atoms with Crippen molar-refractivity contribution in [2.75, 3.05) is 18.9 Å². The van der Waals surface area contributed by atoms with Crippen molar-refractivity contribution >= 4 is 11.5 Å². The Hall–Kier alpha value is -2.43. The predicted molar refractivity (Wildman–Crippen MR) is 93.6 cm³/mol. The highest BCUT2D eigenvalue weighted by Crippen LogP contribution is 2.27. The molecule has 1 aromatic heterocycles. The molecule has 0 spiro atoms. The first-order valence-corrected chi connectivity index (χ1v) is 7.45. The van der Waals surface area contributed by atoms with Gasteiger partial charge in [-0.3, -0.25) is 0 Å². The van der Waals surface area contributed by atoms with Crippen LogP contribution >= 0.6 is 0 Å². The number of allylic oxidation sites excluding steroid dienone is 4. The fourth-order valence-electron chi connectivity index (χ4n) is 2.11. The Balaban J connectivity index is 2.18. The second-order valence-electron chi connectivity index (χ2n) is 6.26. The van der Waals surface area contributed by atoms with Crippen molar-refractivity contribution in [1.29, 1.82) is 0 Å². The molecule has 0 unspecified atom stereocenters. The molecule has 1 aliphatic rings. The lowest BCUT2D eigenvalue weighted by Gasteiger charge is -2.21. The number of likely N-dealkylation sites (N-methyl/N-ethyl adjacent to an activating group) is 1. The van der Waals surface area contributed by atoms with Crippen molar-refractivity contribution < 1.29 is 4.39 Å². The maximum Gasteiger partial charge on any atom is 0.222 e. The summed E-state index contributed by atoms with van der Waals surface area (Å²) in [5.41, 5.74) is 3.09. The zero-order valence-electron chi connectivity index (χ0n) is 14.2. The standard InChI is InChI=1S/C18H23FN4/c1-12-7-8-15(10-23(12)6)13(2)16-9-20-17(22-14(16)3)21-11-18(4,5)19/h7-10H,1-2,11H2,3-6H3,(H,20,21,22). The summed E-state index contributed by atoms with van der Waals surface area (Å²) in [4.78, 5) is 10.6. The van der Waals surface area contributed by atoms with Gasteiger partial charge in [-0.05, 0) is 38.0 Å².